The molecule has 0 unspecified atom stereocenters. The third-order valence-corrected chi connectivity index (χ3v) is 4.19. The second-order valence-corrected chi connectivity index (χ2v) is 5.99. The summed E-state index contributed by atoms with van der Waals surface area (Å²) >= 11 is 0. The first kappa shape index (κ1) is 13.9. The molecule has 1 aromatic heterocycles. The van der Waals surface area contributed by atoms with Crippen LogP contribution in [0.25, 0.3) is 11.0 Å². The van der Waals surface area contributed by atoms with Crippen LogP contribution in [0.5, 0.6) is 0 Å². The van der Waals surface area contributed by atoms with Gasteiger partial charge in [0.15, 0.2) is 0 Å². The Balaban J connectivity index is 1.73. The lowest BCUT2D eigenvalue weighted by Gasteiger charge is -2.31. The Bertz CT molecular complexity index is 693. The maximum absolute atomic E-state index is 11.9. The zero-order chi connectivity index (χ0) is 15.0. The number of nitrogens with one attached hydrogen (secondary N) is 1. The molecule has 1 N–H and O–H groups in total. The minimum absolute atomic E-state index is 0.0775. The third kappa shape index (κ3) is 2.71. The molecule has 0 atom stereocenters. The first-order chi connectivity index (χ1) is 10.0. The van der Waals surface area contributed by atoms with Gasteiger partial charge in [-0.25, -0.2) is 4.98 Å². The zero-order valence-electron chi connectivity index (χ0n) is 12.6. The fraction of sp³-hybridized carbons (Fsp3) is 0.412. The molecule has 21 heavy (non-hydrogen) atoms. The molecule has 1 aliphatic heterocycles. The predicted octanol–water partition coefficient (Wildman–Crippen LogP) is 3.15. The number of benzene rings is 1. The highest BCUT2D eigenvalue weighted by molar-refractivity contribution is 5.92. The van der Waals surface area contributed by atoms with Crippen molar-refractivity contribution in [2.75, 3.05) is 13.1 Å². The van der Waals surface area contributed by atoms with Crippen LogP contribution < -0.4 is 0 Å². The van der Waals surface area contributed by atoms with Gasteiger partial charge in [0.05, 0.1) is 11.0 Å². The Hall–Kier alpha value is -2.10. The Morgan fingerprint density at radius 1 is 1.38 bits per heavy atom. The summed E-state index contributed by atoms with van der Waals surface area (Å²) in [5.74, 6) is 1.54. The van der Waals surface area contributed by atoms with Crippen LogP contribution in [0.1, 0.15) is 37.1 Å². The van der Waals surface area contributed by atoms with Gasteiger partial charge in [-0.15, -0.1) is 0 Å². The molecule has 1 fully saturated rings. The molecule has 4 heteroatoms. The number of hydrogen-bond donors (Lipinski definition) is 1. The van der Waals surface area contributed by atoms with E-state index < -0.39 is 0 Å². The summed E-state index contributed by atoms with van der Waals surface area (Å²) in [7, 11) is 0. The summed E-state index contributed by atoms with van der Waals surface area (Å²) < 4.78 is 0. The number of nitrogens with zero attached hydrogens (tertiary/aromatic N) is 2. The van der Waals surface area contributed by atoms with Crippen LogP contribution in [0.3, 0.4) is 0 Å². The smallest absolute Gasteiger partial charge is 0.248 e. The second-order valence-electron chi connectivity index (χ2n) is 5.99. The highest BCUT2D eigenvalue weighted by Gasteiger charge is 2.25. The van der Waals surface area contributed by atoms with Crippen LogP contribution in [0.2, 0.25) is 0 Å². The normalized spacial score (nSPS) is 16.4. The van der Waals surface area contributed by atoms with Crippen molar-refractivity contribution >= 4 is 16.9 Å². The summed E-state index contributed by atoms with van der Waals surface area (Å²) in [6, 6.07) is 6.27. The zero-order valence-corrected chi connectivity index (χ0v) is 12.6. The standard InChI is InChI=1S/C17H21N3O/c1-11(2)17(21)20-8-6-13(7-9-20)16-18-14-5-4-12(3)10-15(14)19-16/h4-5,10,13H,1,6-9H2,2-3H3,(H,18,19). The van der Waals surface area contributed by atoms with Gasteiger partial charge in [0.2, 0.25) is 5.91 Å². The van der Waals surface area contributed by atoms with Crippen molar-refractivity contribution in [3.05, 3.63) is 41.7 Å². The molecule has 1 amide bonds. The van der Waals surface area contributed by atoms with Crippen molar-refractivity contribution in [1.82, 2.24) is 14.9 Å². The number of carbonyl (C=O) groups excluding carboxylic acids is 1. The molecule has 0 saturated carbocycles. The Kier molecular flexibility index (Phi) is 3.53. The summed E-state index contributed by atoms with van der Waals surface area (Å²) in [6.45, 7) is 9.16. The van der Waals surface area contributed by atoms with Gasteiger partial charge < -0.3 is 9.88 Å². The molecule has 2 heterocycles. The summed E-state index contributed by atoms with van der Waals surface area (Å²) in [6.07, 6.45) is 1.91. The van der Waals surface area contributed by atoms with E-state index in [9.17, 15) is 4.79 Å². The Labute approximate surface area is 124 Å². The van der Waals surface area contributed by atoms with E-state index in [1.165, 1.54) is 5.56 Å². The number of imidazole rings is 1. The van der Waals surface area contributed by atoms with Crippen molar-refractivity contribution in [1.29, 1.82) is 0 Å². The molecule has 1 aromatic carbocycles. The number of aromatic nitrogens is 2. The van der Waals surface area contributed by atoms with Crippen molar-refractivity contribution in [2.45, 2.75) is 32.6 Å². The largest absolute Gasteiger partial charge is 0.342 e. The van der Waals surface area contributed by atoms with Crippen molar-refractivity contribution in [3.8, 4) is 0 Å². The first-order valence-electron chi connectivity index (χ1n) is 7.45. The molecule has 3 rings (SSSR count). The number of aromatic amines is 1. The minimum Gasteiger partial charge on any atom is -0.342 e. The number of rotatable bonds is 2. The monoisotopic (exact) mass is 283 g/mol. The van der Waals surface area contributed by atoms with Gasteiger partial charge in [0.25, 0.3) is 0 Å². The highest BCUT2D eigenvalue weighted by atomic mass is 16.2. The number of likely N-dealkylation sites (tertiary alicyclic amines) is 1. The van der Waals surface area contributed by atoms with Gasteiger partial charge in [0.1, 0.15) is 5.82 Å². The SMILES string of the molecule is C=C(C)C(=O)N1CCC(c2nc3ccc(C)cc3[nH]2)CC1. The number of amides is 1. The van der Waals surface area contributed by atoms with Crippen LogP contribution in [-0.2, 0) is 4.79 Å². The number of hydrogen-bond acceptors (Lipinski definition) is 2. The van der Waals surface area contributed by atoms with Gasteiger partial charge in [-0.05, 0) is 44.4 Å². The number of piperidine rings is 1. The van der Waals surface area contributed by atoms with Crippen LogP contribution >= 0.6 is 0 Å². The quantitative estimate of drug-likeness (QED) is 0.861. The first-order valence-corrected chi connectivity index (χ1v) is 7.45. The third-order valence-electron chi connectivity index (χ3n) is 4.19. The molecular formula is C17H21N3O. The van der Waals surface area contributed by atoms with Crippen molar-refractivity contribution in [2.24, 2.45) is 0 Å². The van der Waals surface area contributed by atoms with Crippen LogP contribution in [-0.4, -0.2) is 33.9 Å². The summed E-state index contributed by atoms with van der Waals surface area (Å²) in [5.41, 5.74) is 3.98. The van der Waals surface area contributed by atoms with Crippen molar-refractivity contribution in [3.63, 3.8) is 0 Å². The number of fused-ring (bicyclic) bond motifs is 1. The Morgan fingerprint density at radius 2 is 2.10 bits per heavy atom. The molecule has 110 valence electrons. The predicted molar refractivity (Wildman–Crippen MR) is 84.2 cm³/mol. The summed E-state index contributed by atoms with van der Waals surface area (Å²) in [5, 5.41) is 0. The van der Waals surface area contributed by atoms with E-state index in [0.29, 0.717) is 11.5 Å². The highest BCUT2D eigenvalue weighted by Crippen LogP contribution is 2.28. The van der Waals surface area contributed by atoms with E-state index in [-0.39, 0.29) is 5.91 Å². The maximum Gasteiger partial charge on any atom is 0.248 e. The number of carbonyl (C=O) groups is 1. The molecule has 1 aliphatic rings. The van der Waals surface area contributed by atoms with Gasteiger partial charge in [-0.3, -0.25) is 4.79 Å². The van der Waals surface area contributed by atoms with E-state index in [0.717, 1.165) is 42.8 Å². The average molecular weight is 283 g/mol. The molecule has 2 aromatic rings. The van der Waals surface area contributed by atoms with Crippen molar-refractivity contribution < 1.29 is 4.79 Å². The van der Waals surface area contributed by atoms with Gasteiger partial charge in [-0.2, -0.15) is 0 Å². The molecule has 4 nitrogen and oxygen atoms in total. The maximum atomic E-state index is 11.9. The molecule has 0 aliphatic carbocycles. The van der Waals surface area contributed by atoms with Crippen LogP contribution in [0.4, 0.5) is 0 Å². The van der Waals surface area contributed by atoms with Gasteiger partial charge in [0, 0.05) is 24.6 Å². The minimum atomic E-state index is 0.0775. The van der Waals surface area contributed by atoms with Gasteiger partial charge in [-0.1, -0.05) is 12.6 Å². The van der Waals surface area contributed by atoms with E-state index in [1.54, 1.807) is 6.92 Å². The lowest BCUT2D eigenvalue weighted by atomic mass is 9.96. The number of aryl methyl sites for hydroxylation is 1. The topological polar surface area (TPSA) is 49.0 Å². The van der Waals surface area contributed by atoms with E-state index >= 15 is 0 Å². The van der Waals surface area contributed by atoms with E-state index in [2.05, 4.69) is 36.7 Å². The lowest BCUT2D eigenvalue weighted by molar-refractivity contribution is -0.128. The fourth-order valence-corrected chi connectivity index (χ4v) is 2.96. The second kappa shape index (κ2) is 5.35. The average Bonchev–Trinajstić information content (AvgIpc) is 2.89. The lowest BCUT2D eigenvalue weighted by Crippen LogP contribution is -2.38. The fourth-order valence-electron chi connectivity index (χ4n) is 2.96. The van der Waals surface area contributed by atoms with Crippen LogP contribution in [0, 0.1) is 6.92 Å². The molecular weight excluding hydrogens is 262 g/mol. The van der Waals surface area contributed by atoms with Gasteiger partial charge >= 0.3 is 0 Å². The molecule has 0 bridgehead atoms. The van der Waals surface area contributed by atoms with E-state index in [1.807, 2.05) is 4.90 Å². The number of H-pyrrole nitrogens is 1. The van der Waals surface area contributed by atoms with Crippen LogP contribution in [0.15, 0.2) is 30.4 Å². The molecule has 0 spiro atoms. The molecule has 1 saturated heterocycles. The Morgan fingerprint density at radius 3 is 2.76 bits per heavy atom. The molecule has 0 radical (unpaired) electrons. The van der Waals surface area contributed by atoms with E-state index in [4.69, 9.17) is 4.98 Å². The summed E-state index contributed by atoms with van der Waals surface area (Å²) in [4.78, 5) is 22.0.